The highest BCUT2D eigenvalue weighted by atomic mass is 32.2. The van der Waals surface area contributed by atoms with Gasteiger partial charge in [-0.2, -0.15) is 11.3 Å². The predicted molar refractivity (Wildman–Crippen MR) is 163 cm³/mol. The summed E-state index contributed by atoms with van der Waals surface area (Å²) in [6.45, 7) is 1.95. The zero-order chi connectivity index (χ0) is 28.3. The minimum Gasteiger partial charge on any atom is -0.497 e. The van der Waals surface area contributed by atoms with Crippen molar-refractivity contribution in [1.29, 1.82) is 0 Å². The summed E-state index contributed by atoms with van der Waals surface area (Å²) in [5, 5.41) is 12.0. The second kappa shape index (κ2) is 14.2. The van der Waals surface area contributed by atoms with Crippen LogP contribution in [0.1, 0.15) is 29.3 Å². The third kappa shape index (κ3) is 8.08. The van der Waals surface area contributed by atoms with E-state index in [9.17, 15) is 14.4 Å². The Kier molecular flexibility index (Phi) is 10.1. The van der Waals surface area contributed by atoms with E-state index < -0.39 is 5.91 Å². The number of hydrogen-bond acceptors (Lipinski definition) is 6. The zero-order valence-corrected chi connectivity index (χ0v) is 23.7. The summed E-state index contributed by atoms with van der Waals surface area (Å²) < 4.78 is 5.17. The molecule has 7 nitrogen and oxygen atoms in total. The van der Waals surface area contributed by atoms with Gasteiger partial charge in [0.1, 0.15) is 11.4 Å². The van der Waals surface area contributed by atoms with Gasteiger partial charge in [0.25, 0.3) is 11.8 Å². The van der Waals surface area contributed by atoms with Crippen molar-refractivity contribution in [3.63, 3.8) is 0 Å². The van der Waals surface area contributed by atoms with Gasteiger partial charge >= 0.3 is 0 Å². The van der Waals surface area contributed by atoms with Gasteiger partial charge in [-0.25, -0.2) is 0 Å². The van der Waals surface area contributed by atoms with Gasteiger partial charge < -0.3 is 20.7 Å². The molecule has 1 aromatic heterocycles. The van der Waals surface area contributed by atoms with Crippen LogP contribution in [0.3, 0.4) is 0 Å². The maximum Gasteiger partial charge on any atom is 0.272 e. The average molecular weight is 572 g/mol. The minimum absolute atomic E-state index is 0.114. The molecule has 3 N–H and O–H groups in total. The van der Waals surface area contributed by atoms with Gasteiger partial charge in [-0.05, 0) is 89.5 Å². The number of rotatable bonds is 11. The molecule has 0 aliphatic carbocycles. The van der Waals surface area contributed by atoms with Crippen molar-refractivity contribution in [2.24, 2.45) is 0 Å². The molecule has 0 radical (unpaired) electrons. The fourth-order valence-corrected chi connectivity index (χ4v) is 5.33. The number of thiophene rings is 1. The van der Waals surface area contributed by atoms with Crippen LogP contribution in [0.25, 0.3) is 6.08 Å². The molecule has 0 spiro atoms. The number of amides is 3. The van der Waals surface area contributed by atoms with Gasteiger partial charge in [0.2, 0.25) is 5.91 Å². The lowest BCUT2D eigenvalue weighted by molar-refractivity contribution is -0.116. The zero-order valence-electron chi connectivity index (χ0n) is 22.0. The standard InChI is InChI=1S/C31H29N3O4S2/c1-3-28(31(37)32-23-12-14-25(38-2)15-13-23)40-26-11-7-10-24(19-26)33-30(36)27(18-21-16-17-39-20-21)34-29(35)22-8-5-4-6-9-22/h4-20,28H,3H2,1-2H3,(H,32,37)(H,33,36)(H,34,35)/b27-18-. The summed E-state index contributed by atoms with van der Waals surface area (Å²) >= 11 is 2.91. The molecule has 3 amide bonds. The fraction of sp³-hybridized carbons (Fsp3) is 0.129. The van der Waals surface area contributed by atoms with E-state index in [2.05, 4.69) is 16.0 Å². The highest BCUT2D eigenvalue weighted by molar-refractivity contribution is 8.00. The van der Waals surface area contributed by atoms with Crippen LogP contribution < -0.4 is 20.7 Å². The average Bonchev–Trinajstić information content (AvgIpc) is 3.49. The molecule has 0 bridgehead atoms. The number of carbonyl (C=O) groups excluding carboxylic acids is 3. The Hall–Kier alpha value is -4.34. The van der Waals surface area contributed by atoms with E-state index in [0.29, 0.717) is 29.1 Å². The number of anilines is 2. The van der Waals surface area contributed by atoms with Crippen LogP contribution >= 0.6 is 23.1 Å². The first-order chi connectivity index (χ1) is 19.4. The van der Waals surface area contributed by atoms with Crippen molar-refractivity contribution in [2.45, 2.75) is 23.5 Å². The number of carbonyl (C=O) groups is 3. The summed E-state index contributed by atoms with van der Waals surface area (Å²) in [7, 11) is 1.59. The molecule has 1 heterocycles. The number of nitrogens with one attached hydrogen (secondary N) is 3. The number of hydrogen-bond donors (Lipinski definition) is 3. The van der Waals surface area contributed by atoms with Gasteiger partial charge in [-0.1, -0.05) is 31.2 Å². The van der Waals surface area contributed by atoms with Crippen molar-refractivity contribution < 1.29 is 19.1 Å². The summed E-state index contributed by atoms with van der Waals surface area (Å²) in [5.41, 5.74) is 2.61. The number of methoxy groups -OCH3 is 1. The van der Waals surface area contributed by atoms with Gasteiger partial charge in [-0.15, -0.1) is 11.8 Å². The Morgan fingerprint density at radius 3 is 2.38 bits per heavy atom. The number of thioether (sulfide) groups is 1. The molecule has 0 fully saturated rings. The smallest absolute Gasteiger partial charge is 0.272 e. The Balaban J connectivity index is 1.45. The third-order valence-electron chi connectivity index (χ3n) is 5.77. The van der Waals surface area contributed by atoms with Gasteiger partial charge in [0.05, 0.1) is 12.4 Å². The number of benzene rings is 3. The molecule has 9 heteroatoms. The normalized spacial score (nSPS) is 11.8. The molecule has 0 saturated heterocycles. The van der Waals surface area contributed by atoms with Gasteiger partial charge in [0, 0.05) is 21.8 Å². The first-order valence-corrected chi connectivity index (χ1v) is 14.4. The summed E-state index contributed by atoms with van der Waals surface area (Å²) in [5.74, 6) is -0.236. The second-order valence-corrected chi connectivity index (χ2v) is 10.7. The first-order valence-electron chi connectivity index (χ1n) is 12.6. The molecule has 1 atom stereocenters. The Labute approximate surface area is 241 Å². The van der Waals surface area contributed by atoms with Crippen molar-refractivity contribution in [3.8, 4) is 5.75 Å². The fourth-order valence-electron chi connectivity index (χ4n) is 3.70. The van der Waals surface area contributed by atoms with E-state index in [1.54, 1.807) is 67.8 Å². The van der Waals surface area contributed by atoms with Crippen LogP contribution in [0.4, 0.5) is 11.4 Å². The molecule has 1 unspecified atom stereocenters. The molecule has 4 rings (SSSR count). The quantitative estimate of drug-likeness (QED) is 0.138. The van der Waals surface area contributed by atoms with Crippen molar-refractivity contribution in [3.05, 3.63) is 113 Å². The second-order valence-electron chi connectivity index (χ2n) is 8.65. The van der Waals surface area contributed by atoms with Crippen molar-refractivity contribution >= 4 is 58.3 Å². The van der Waals surface area contributed by atoms with Gasteiger partial charge in [0.15, 0.2) is 0 Å². The van der Waals surface area contributed by atoms with E-state index in [0.717, 1.165) is 10.5 Å². The molecule has 0 aliphatic heterocycles. The van der Waals surface area contributed by atoms with E-state index in [-0.39, 0.29) is 22.8 Å². The molecule has 0 aliphatic rings. The monoisotopic (exact) mass is 571 g/mol. The van der Waals surface area contributed by atoms with Gasteiger partial charge in [-0.3, -0.25) is 14.4 Å². The highest BCUT2D eigenvalue weighted by Crippen LogP contribution is 2.29. The number of ether oxygens (including phenoxy) is 1. The molecule has 3 aromatic carbocycles. The lowest BCUT2D eigenvalue weighted by Crippen LogP contribution is -2.30. The Morgan fingerprint density at radius 1 is 0.925 bits per heavy atom. The van der Waals surface area contributed by atoms with E-state index in [1.165, 1.54) is 23.1 Å². The maximum absolute atomic E-state index is 13.3. The Morgan fingerprint density at radius 2 is 1.70 bits per heavy atom. The van der Waals surface area contributed by atoms with E-state index in [4.69, 9.17) is 4.74 Å². The van der Waals surface area contributed by atoms with Crippen LogP contribution in [0.2, 0.25) is 0 Å². The SMILES string of the molecule is CCC(Sc1cccc(NC(=O)/C(=C/c2ccsc2)NC(=O)c2ccccc2)c1)C(=O)Nc1ccc(OC)cc1. The molecule has 4 aromatic rings. The first kappa shape index (κ1) is 28.7. The maximum atomic E-state index is 13.3. The lowest BCUT2D eigenvalue weighted by atomic mass is 10.2. The van der Waals surface area contributed by atoms with Crippen molar-refractivity contribution in [1.82, 2.24) is 5.32 Å². The van der Waals surface area contributed by atoms with Crippen LogP contribution in [0.15, 0.2) is 106 Å². The molecule has 204 valence electrons. The van der Waals surface area contributed by atoms with Crippen LogP contribution in [-0.4, -0.2) is 30.1 Å². The molecule has 40 heavy (non-hydrogen) atoms. The van der Waals surface area contributed by atoms with Crippen LogP contribution in [0.5, 0.6) is 5.75 Å². The predicted octanol–water partition coefficient (Wildman–Crippen LogP) is 6.68. The topological polar surface area (TPSA) is 96.5 Å². The largest absolute Gasteiger partial charge is 0.497 e. The van der Waals surface area contributed by atoms with Crippen molar-refractivity contribution in [2.75, 3.05) is 17.7 Å². The summed E-state index contributed by atoms with van der Waals surface area (Å²) in [6.07, 6.45) is 2.25. The highest BCUT2D eigenvalue weighted by Gasteiger charge is 2.19. The van der Waals surface area contributed by atoms with Crippen LogP contribution in [0, 0.1) is 0 Å². The molecular formula is C31H29N3O4S2. The molecule has 0 saturated carbocycles. The van der Waals surface area contributed by atoms with E-state index in [1.807, 2.05) is 48.0 Å². The summed E-state index contributed by atoms with van der Waals surface area (Å²) in [6, 6.07) is 25.0. The van der Waals surface area contributed by atoms with Crippen LogP contribution in [-0.2, 0) is 9.59 Å². The molecular weight excluding hydrogens is 542 g/mol. The minimum atomic E-state index is -0.457. The Bertz CT molecular complexity index is 1470. The lowest BCUT2D eigenvalue weighted by Gasteiger charge is -2.16. The van der Waals surface area contributed by atoms with E-state index >= 15 is 0 Å². The third-order valence-corrected chi connectivity index (χ3v) is 7.83. The summed E-state index contributed by atoms with van der Waals surface area (Å²) in [4.78, 5) is 39.9.